The quantitative estimate of drug-likeness (QED) is 0.801. The van der Waals surface area contributed by atoms with E-state index in [1.165, 1.54) is 18.2 Å². The molecule has 0 atom stereocenters. The topological polar surface area (TPSA) is 67.1 Å². The monoisotopic (exact) mass is 273 g/mol. The van der Waals surface area contributed by atoms with Crippen molar-refractivity contribution in [3.8, 4) is 0 Å². The van der Waals surface area contributed by atoms with Crippen LogP contribution < -0.4 is 16.4 Å². The summed E-state index contributed by atoms with van der Waals surface area (Å²) in [5, 5.41) is 5.24. The minimum Gasteiger partial charge on any atom is -0.330 e. The van der Waals surface area contributed by atoms with Gasteiger partial charge in [-0.25, -0.2) is 9.18 Å². The molecule has 0 aliphatic rings. The van der Waals surface area contributed by atoms with Crippen molar-refractivity contribution in [2.45, 2.75) is 6.42 Å². The van der Waals surface area contributed by atoms with Gasteiger partial charge in [0, 0.05) is 11.4 Å². The van der Waals surface area contributed by atoms with Gasteiger partial charge in [-0.15, -0.1) is 0 Å². The number of hydrogen-bond acceptors (Lipinski definition) is 2. The van der Waals surface area contributed by atoms with E-state index in [1.54, 1.807) is 18.2 Å². The number of nitrogens with one attached hydrogen (secondary N) is 2. The van der Waals surface area contributed by atoms with Gasteiger partial charge in [-0.1, -0.05) is 18.2 Å². The highest BCUT2D eigenvalue weighted by atomic mass is 19.1. The largest absolute Gasteiger partial charge is 0.330 e. The number of nitrogens with two attached hydrogens (primary N) is 1. The fourth-order valence-electron chi connectivity index (χ4n) is 1.78. The Balaban J connectivity index is 1.94. The van der Waals surface area contributed by atoms with E-state index in [0.717, 1.165) is 12.0 Å². The second kappa shape index (κ2) is 6.68. The van der Waals surface area contributed by atoms with Crippen LogP contribution in [0.15, 0.2) is 48.5 Å². The second-order valence-corrected chi connectivity index (χ2v) is 4.33. The number of urea groups is 1. The fraction of sp³-hybridized carbons (Fsp3) is 0.133. The number of carbonyl (C=O) groups is 1. The minimum absolute atomic E-state index is 0.395. The van der Waals surface area contributed by atoms with Crippen LogP contribution in [-0.2, 0) is 6.42 Å². The molecule has 0 heterocycles. The zero-order valence-corrected chi connectivity index (χ0v) is 10.9. The molecule has 20 heavy (non-hydrogen) atoms. The summed E-state index contributed by atoms with van der Waals surface area (Å²) in [4.78, 5) is 11.7. The van der Waals surface area contributed by atoms with Crippen LogP contribution in [0.4, 0.5) is 20.6 Å². The zero-order valence-electron chi connectivity index (χ0n) is 10.9. The van der Waals surface area contributed by atoms with Gasteiger partial charge in [0.15, 0.2) is 0 Å². The molecule has 0 saturated heterocycles. The highest BCUT2D eigenvalue weighted by Gasteiger charge is 2.03. The number of halogens is 1. The Bertz CT molecular complexity index is 584. The standard InChI is InChI=1S/C15H16FN3O/c16-12-2-1-3-14(10-12)19-15(20)18-13-6-4-11(5-7-13)8-9-17/h1-7,10H,8-9,17H2,(H2,18,19,20). The first-order valence-corrected chi connectivity index (χ1v) is 6.30. The van der Waals surface area contributed by atoms with Gasteiger partial charge < -0.3 is 16.4 Å². The molecule has 2 aromatic carbocycles. The molecule has 4 nitrogen and oxygen atoms in total. The number of carbonyl (C=O) groups excluding carboxylic acids is 1. The Morgan fingerprint density at radius 2 is 1.75 bits per heavy atom. The molecule has 104 valence electrons. The van der Waals surface area contributed by atoms with Gasteiger partial charge >= 0.3 is 6.03 Å². The lowest BCUT2D eigenvalue weighted by Gasteiger charge is -2.08. The van der Waals surface area contributed by atoms with E-state index >= 15 is 0 Å². The van der Waals surface area contributed by atoms with Crippen LogP contribution in [0.1, 0.15) is 5.56 Å². The maximum absolute atomic E-state index is 13.0. The zero-order chi connectivity index (χ0) is 14.4. The summed E-state index contributed by atoms with van der Waals surface area (Å²) in [6, 6.07) is 12.7. The lowest BCUT2D eigenvalue weighted by molar-refractivity contribution is 0.262. The molecule has 0 spiro atoms. The van der Waals surface area contributed by atoms with Crippen molar-refractivity contribution < 1.29 is 9.18 Å². The van der Waals surface area contributed by atoms with Crippen LogP contribution >= 0.6 is 0 Å². The van der Waals surface area contributed by atoms with Crippen molar-refractivity contribution in [3.05, 3.63) is 59.9 Å². The lowest BCUT2D eigenvalue weighted by atomic mass is 10.1. The summed E-state index contributed by atoms with van der Waals surface area (Å²) in [5.74, 6) is -0.395. The predicted molar refractivity (Wildman–Crippen MR) is 78.2 cm³/mol. The van der Waals surface area contributed by atoms with Gasteiger partial charge in [-0.2, -0.15) is 0 Å². The molecule has 0 bridgehead atoms. The molecule has 0 fully saturated rings. The number of amides is 2. The van der Waals surface area contributed by atoms with Gasteiger partial charge in [0.05, 0.1) is 0 Å². The third-order valence-electron chi connectivity index (χ3n) is 2.73. The van der Waals surface area contributed by atoms with Crippen molar-refractivity contribution >= 4 is 17.4 Å². The molecule has 0 saturated carbocycles. The summed E-state index contributed by atoms with van der Waals surface area (Å²) in [5.41, 5.74) is 7.65. The second-order valence-electron chi connectivity index (χ2n) is 4.33. The van der Waals surface area contributed by atoms with Crippen LogP contribution in [0.5, 0.6) is 0 Å². The molecule has 0 aromatic heterocycles. The van der Waals surface area contributed by atoms with E-state index in [2.05, 4.69) is 10.6 Å². The average Bonchev–Trinajstić information content (AvgIpc) is 2.41. The molecule has 0 unspecified atom stereocenters. The molecular weight excluding hydrogens is 257 g/mol. The maximum Gasteiger partial charge on any atom is 0.323 e. The number of benzene rings is 2. The molecule has 2 amide bonds. The van der Waals surface area contributed by atoms with Crippen molar-refractivity contribution in [1.29, 1.82) is 0 Å². The van der Waals surface area contributed by atoms with E-state index < -0.39 is 11.8 Å². The first-order valence-electron chi connectivity index (χ1n) is 6.30. The Hall–Kier alpha value is -2.40. The number of hydrogen-bond donors (Lipinski definition) is 3. The van der Waals surface area contributed by atoms with Crippen LogP contribution in [0, 0.1) is 5.82 Å². The number of anilines is 2. The third-order valence-corrected chi connectivity index (χ3v) is 2.73. The molecular formula is C15H16FN3O. The van der Waals surface area contributed by atoms with Crippen molar-refractivity contribution in [1.82, 2.24) is 0 Å². The molecule has 4 N–H and O–H groups in total. The fourth-order valence-corrected chi connectivity index (χ4v) is 1.78. The predicted octanol–water partition coefficient (Wildman–Crippen LogP) is 2.97. The van der Waals surface area contributed by atoms with Crippen molar-refractivity contribution in [2.24, 2.45) is 5.73 Å². The molecule has 2 aromatic rings. The first kappa shape index (κ1) is 14.0. The highest BCUT2D eigenvalue weighted by Crippen LogP contribution is 2.12. The Morgan fingerprint density at radius 1 is 1.05 bits per heavy atom. The van der Waals surface area contributed by atoms with Crippen molar-refractivity contribution in [3.63, 3.8) is 0 Å². The normalized spacial score (nSPS) is 10.1. The summed E-state index contributed by atoms with van der Waals surface area (Å²) < 4.78 is 13.0. The summed E-state index contributed by atoms with van der Waals surface area (Å²) in [6.07, 6.45) is 0.801. The van der Waals surface area contributed by atoms with Crippen LogP contribution in [-0.4, -0.2) is 12.6 Å². The van der Waals surface area contributed by atoms with E-state index in [9.17, 15) is 9.18 Å². The Kier molecular flexibility index (Phi) is 4.68. The maximum atomic E-state index is 13.0. The highest BCUT2D eigenvalue weighted by molar-refractivity contribution is 5.99. The average molecular weight is 273 g/mol. The first-order chi connectivity index (χ1) is 9.67. The van der Waals surface area contributed by atoms with Gasteiger partial charge in [0.1, 0.15) is 5.82 Å². The van der Waals surface area contributed by atoms with Gasteiger partial charge in [-0.05, 0) is 48.9 Å². The van der Waals surface area contributed by atoms with Crippen molar-refractivity contribution in [2.75, 3.05) is 17.2 Å². The van der Waals surface area contributed by atoms with Crippen LogP contribution in [0.25, 0.3) is 0 Å². The summed E-state index contributed by atoms with van der Waals surface area (Å²) in [6.45, 7) is 0.590. The molecule has 5 heteroatoms. The van der Waals surface area contributed by atoms with Gasteiger partial charge in [0.25, 0.3) is 0 Å². The minimum atomic E-state index is -0.415. The summed E-state index contributed by atoms with van der Waals surface area (Å²) in [7, 11) is 0. The smallest absolute Gasteiger partial charge is 0.323 e. The van der Waals surface area contributed by atoms with E-state index in [4.69, 9.17) is 5.73 Å². The molecule has 0 radical (unpaired) electrons. The van der Waals surface area contributed by atoms with E-state index in [-0.39, 0.29) is 0 Å². The SMILES string of the molecule is NCCc1ccc(NC(=O)Nc2cccc(F)c2)cc1. The molecule has 2 rings (SSSR count). The lowest BCUT2D eigenvalue weighted by Crippen LogP contribution is -2.19. The Labute approximate surface area is 116 Å². The van der Waals surface area contributed by atoms with Gasteiger partial charge in [-0.3, -0.25) is 0 Å². The molecule has 0 aliphatic carbocycles. The summed E-state index contributed by atoms with van der Waals surface area (Å²) >= 11 is 0. The van der Waals surface area contributed by atoms with Crippen LogP contribution in [0.2, 0.25) is 0 Å². The van der Waals surface area contributed by atoms with Crippen LogP contribution in [0.3, 0.4) is 0 Å². The van der Waals surface area contributed by atoms with E-state index in [1.807, 2.05) is 12.1 Å². The number of rotatable bonds is 4. The van der Waals surface area contributed by atoms with E-state index in [0.29, 0.717) is 17.9 Å². The third kappa shape index (κ3) is 4.07. The Morgan fingerprint density at radius 3 is 2.40 bits per heavy atom. The molecule has 0 aliphatic heterocycles. The van der Waals surface area contributed by atoms with Gasteiger partial charge in [0.2, 0.25) is 0 Å².